The van der Waals surface area contributed by atoms with Crippen molar-refractivity contribution in [3.8, 4) is 0 Å². The molecule has 2 unspecified atom stereocenters. The van der Waals surface area contributed by atoms with Crippen LogP contribution in [0.15, 0.2) is 41.8 Å². The number of carbonyl (C=O) groups excluding carboxylic acids is 3. The van der Waals surface area contributed by atoms with Crippen LogP contribution in [-0.4, -0.2) is 44.5 Å². The van der Waals surface area contributed by atoms with Gasteiger partial charge in [0.2, 0.25) is 0 Å². The molecule has 8 heteroatoms. The molecular weight excluding hydrogens is 358 g/mol. The largest absolute Gasteiger partial charge is 0.456 e. The molecule has 0 spiro atoms. The van der Waals surface area contributed by atoms with E-state index in [2.05, 4.69) is 5.32 Å². The van der Waals surface area contributed by atoms with Crippen molar-refractivity contribution in [1.29, 1.82) is 0 Å². The van der Waals surface area contributed by atoms with E-state index in [0.717, 1.165) is 11.0 Å². The van der Waals surface area contributed by atoms with Crippen LogP contribution >= 0.6 is 0 Å². The minimum atomic E-state index is -3.23. The maximum atomic E-state index is 11.9. The Morgan fingerprint density at radius 2 is 1.92 bits per heavy atom. The highest BCUT2D eigenvalue weighted by Gasteiger charge is 2.25. The highest BCUT2D eigenvalue weighted by molar-refractivity contribution is 7.94. The SMILES string of the molecule is CC(=O)C(Cc1ccccc1)NC(=O)COC(=O)CC1C=CS(=O)(=O)C1. The Morgan fingerprint density at radius 3 is 2.50 bits per heavy atom. The van der Waals surface area contributed by atoms with Crippen LogP contribution in [0.25, 0.3) is 0 Å². The van der Waals surface area contributed by atoms with E-state index in [1.165, 1.54) is 13.0 Å². The summed E-state index contributed by atoms with van der Waals surface area (Å²) in [4.78, 5) is 35.4. The smallest absolute Gasteiger partial charge is 0.306 e. The number of ether oxygens (including phenoxy) is 1. The van der Waals surface area contributed by atoms with Crippen molar-refractivity contribution < 1.29 is 27.5 Å². The van der Waals surface area contributed by atoms with Crippen molar-refractivity contribution in [3.05, 3.63) is 47.4 Å². The van der Waals surface area contributed by atoms with Gasteiger partial charge in [-0.05, 0) is 18.9 Å². The highest BCUT2D eigenvalue weighted by atomic mass is 32.2. The third kappa shape index (κ3) is 6.44. The van der Waals surface area contributed by atoms with E-state index in [9.17, 15) is 22.8 Å². The number of allylic oxidation sites excluding steroid dienone is 1. The molecule has 1 N–H and O–H groups in total. The highest BCUT2D eigenvalue weighted by Crippen LogP contribution is 2.18. The number of esters is 1. The normalized spacial score (nSPS) is 18.9. The number of carbonyl (C=O) groups is 3. The fourth-order valence-corrected chi connectivity index (χ4v) is 3.97. The molecule has 26 heavy (non-hydrogen) atoms. The summed E-state index contributed by atoms with van der Waals surface area (Å²) in [7, 11) is -3.23. The fourth-order valence-electron chi connectivity index (χ4n) is 2.57. The molecule has 0 bridgehead atoms. The third-order valence-electron chi connectivity index (χ3n) is 3.91. The Hall–Kier alpha value is -2.48. The Labute approximate surface area is 152 Å². The Bertz CT molecular complexity index is 800. The van der Waals surface area contributed by atoms with Gasteiger partial charge >= 0.3 is 5.97 Å². The van der Waals surface area contributed by atoms with Crippen LogP contribution in [0.1, 0.15) is 18.9 Å². The maximum Gasteiger partial charge on any atom is 0.306 e. The summed E-state index contributed by atoms with van der Waals surface area (Å²) in [6.45, 7) is 0.868. The lowest BCUT2D eigenvalue weighted by molar-refractivity contribution is -0.149. The molecule has 1 aromatic carbocycles. The molecule has 2 rings (SSSR count). The molecule has 0 aromatic heterocycles. The van der Waals surface area contributed by atoms with Gasteiger partial charge in [-0.25, -0.2) is 8.42 Å². The van der Waals surface area contributed by atoms with Crippen LogP contribution < -0.4 is 5.32 Å². The number of benzene rings is 1. The number of ketones is 1. The number of rotatable bonds is 8. The summed E-state index contributed by atoms with van der Waals surface area (Å²) >= 11 is 0. The molecule has 1 aromatic rings. The lowest BCUT2D eigenvalue weighted by atomic mass is 10.0. The first-order valence-corrected chi connectivity index (χ1v) is 9.87. The van der Waals surface area contributed by atoms with E-state index < -0.39 is 40.3 Å². The molecule has 0 saturated heterocycles. The van der Waals surface area contributed by atoms with Crippen LogP contribution in [0, 0.1) is 5.92 Å². The minimum Gasteiger partial charge on any atom is -0.456 e. The number of nitrogens with one attached hydrogen (secondary N) is 1. The van der Waals surface area contributed by atoms with Gasteiger partial charge in [0.05, 0.1) is 18.2 Å². The lowest BCUT2D eigenvalue weighted by Crippen LogP contribution is -2.43. The molecule has 1 aliphatic rings. The van der Waals surface area contributed by atoms with Crippen molar-refractivity contribution in [1.82, 2.24) is 5.32 Å². The van der Waals surface area contributed by atoms with Gasteiger partial charge in [0.1, 0.15) is 0 Å². The zero-order chi connectivity index (χ0) is 19.2. The van der Waals surface area contributed by atoms with Crippen LogP contribution in [0.3, 0.4) is 0 Å². The van der Waals surface area contributed by atoms with Gasteiger partial charge in [-0.3, -0.25) is 14.4 Å². The number of Topliss-reactive ketones (excluding diaryl/α,β-unsaturated/α-hetero) is 1. The Kier molecular flexibility index (Phi) is 6.68. The minimum absolute atomic E-state index is 0.108. The standard InChI is InChI=1S/C18H21NO6S/c1-13(20)16(9-14-5-3-2-4-6-14)19-17(21)11-25-18(22)10-15-7-8-26(23,24)12-15/h2-8,15-16H,9-12H2,1H3,(H,19,21). The van der Waals surface area contributed by atoms with E-state index in [1.54, 1.807) is 0 Å². The molecule has 0 saturated carbocycles. The first-order chi connectivity index (χ1) is 12.2. The molecule has 140 valence electrons. The Balaban J connectivity index is 1.78. The molecule has 1 amide bonds. The fraction of sp³-hybridized carbons (Fsp3) is 0.389. The van der Waals surface area contributed by atoms with E-state index in [0.29, 0.717) is 6.42 Å². The number of amides is 1. The van der Waals surface area contributed by atoms with Crippen molar-refractivity contribution in [3.63, 3.8) is 0 Å². The second-order valence-corrected chi connectivity index (χ2v) is 8.13. The van der Waals surface area contributed by atoms with Gasteiger partial charge in [0.15, 0.2) is 22.2 Å². The summed E-state index contributed by atoms with van der Waals surface area (Å²) < 4.78 is 27.5. The lowest BCUT2D eigenvalue weighted by Gasteiger charge is -2.16. The van der Waals surface area contributed by atoms with E-state index in [-0.39, 0.29) is 18.0 Å². The van der Waals surface area contributed by atoms with Gasteiger partial charge in [0, 0.05) is 11.3 Å². The monoisotopic (exact) mass is 379 g/mol. The van der Waals surface area contributed by atoms with E-state index in [1.807, 2.05) is 30.3 Å². The average molecular weight is 379 g/mol. The number of hydrogen-bond acceptors (Lipinski definition) is 6. The molecule has 2 atom stereocenters. The quantitative estimate of drug-likeness (QED) is 0.670. The third-order valence-corrected chi connectivity index (χ3v) is 5.37. The van der Waals surface area contributed by atoms with E-state index in [4.69, 9.17) is 4.74 Å². The van der Waals surface area contributed by atoms with Crippen LogP contribution in [-0.2, 0) is 35.4 Å². The van der Waals surface area contributed by atoms with Gasteiger partial charge in [-0.15, -0.1) is 0 Å². The predicted octanol–water partition coefficient (Wildman–Crippen LogP) is 0.794. The molecule has 1 aliphatic heterocycles. The average Bonchev–Trinajstić information content (AvgIpc) is 2.91. The summed E-state index contributed by atoms with van der Waals surface area (Å²) in [6.07, 6.45) is 1.69. The summed E-state index contributed by atoms with van der Waals surface area (Å²) in [5.41, 5.74) is 0.902. The number of hydrogen-bond donors (Lipinski definition) is 1. The van der Waals surface area contributed by atoms with Gasteiger partial charge < -0.3 is 10.1 Å². The van der Waals surface area contributed by atoms with Crippen LogP contribution in [0.5, 0.6) is 0 Å². The van der Waals surface area contributed by atoms with Crippen LogP contribution in [0.4, 0.5) is 0 Å². The summed E-state index contributed by atoms with van der Waals surface area (Å²) in [6, 6.07) is 8.54. The van der Waals surface area contributed by atoms with Gasteiger partial charge in [-0.1, -0.05) is 36.4 Å². The van der Waals surface area contributed by atoms with Crippen molar-refractivity contribution in [2.75, 3.05) is 12.4 Å². The second-order valence-electron chi connectivity index (χ2n) is 6.20. The number of sulfone groups is 1. The zero-order valence-electron chi connectivity index (χ0n) is 14.4. The molecule has 0 aliphatic carbocycles. The second kappa shape index (κ2) is 8.75. The topological polar surface area (TPSA) is 107 Å². The maximum absolute atomic E-state index is 11.9. The van der Waals surface area contributed by atoms with Crippen molar-refractivity contribution in [2.45, 2.75) is 25.8 Å². The molecule has 0 radical (unpaired) electrons. The molecular formula is C18H21NO6S. The van der Waals surface area contributed by atoms with Crippen molar-refractivity contribution >= 4 is 27.5 Å². The zero-order valence-corrected chi connectivity index (χ0v) is 15.2. The first kappa shape index (κ1) is 19.8. The van der Waals surface area contributed by atoms with Crippen LogP contribution in [0.2, 0.25) is 0 Å². The summed E-state index contributed by atoms with van der Waals surface area (Å²) in [5, 5.41) is 3.63. The molecule has 1 heterocycles. The van der Waals surface area contributed by atoms with Gasteiger partial charge in [0.25, 0.3) is 5.91 Å². The molecule has 7 nitrogen and oxygen atoms in total. The Morgan fingerprint density at radius 1 is 1.23 bits per heavy atom. The van der Waals surface area contributed by atoms with Gasteiger partial charge in [-0.2, -0.15) is 0 Å². The van der Waals surface area contributed by atoms with E-state index >= 15 is 0 Å². The summed E-state index contributed by atoms with van der Waals surface area (Å²) in [5.74, 6) is -2.00. The molecule has 0 fully saturated rings. The first-order valence-electron chi connectivity index (χ1n) is 8.15. The predicted molar refractivity (Wildman–Crippen MR) is 94.8 cm³/mol. The van der Waals surface area contributed by atoms with Crippen molar-refractivity contribution in [2.24, 2.45) is 5.92 Å².